The Morgan fingerprint density at radius 3 is 1.06 bits per heavy atom. The van der Waals surface area contributed by atoms with Gasteiger partial charge in [-0.25, -0.2) is 9.59 Å². The summed E-state index contributed by atoms with van der Waals surface area (Å²) in [5.41, 5.74) is 0. The predicted molar refractivity (Wildman–Crippen MR) is 40.0 cm³/mol. The van der Waals surface area contributed by atoms with E-state index in [1.807, 2.05) is 15.9 Å². The van der Waals surface area contributed by atoms with E-state index in [1.165, 1.54) is 0 Å². The Morgan fingerprint density at radius 2 is 0.938 bits per heavy atom. The molecule has 6 N–H and O–H groups in total. The van der Waals surface area contributed by atoms with Crippen molar-refractivity contribution in [2.24, 2.45) is 0 Å². The van der Waals surface area contributed by atoms with Crippen molar-refractivity contribution in [3.8, 4) is 0 Å². The van der Waals surface area contributed by atoms with Gasteiger partial charge in [0.25, 0.3) is 0 Å². The van der Waals surface area contributed by atoms with Crippen molar-refractivity contribution in [2.45, 2.75) is 24.4 Å². The zero-order chi connectivity index (χ0) is 13.5. The summed E-state index contributed by atoms with van der Waals surface area (Å²) in [6, 6.07) is 0. The van der Waals surface area contributed by atoms with E-state index < -0.39 is 36.4 Å². The van der Waals surface area contributed by atoms with Crippen LogP contribution >= 0.6 is 0 Å². The first kappa shape index (κ1) is 17.5. The van der Waals surface area contributed by atoms with Gasteiger partial charge in [-0.2, -0.15) is 0 Å². The van der Waals surface area contributed by atoms with Crippen molar-refractivity contribution in [2.75, 3.05) is 0 Å². The molecule has 0 aliphatic carbocycles. The second-order valence-corrected chi connectivity index (χ2v) is 2.55. The van der Waals surface area contributed by atoms with Crippen LogP contribution in [0.15, 0.2) is 0 Å². The minimum absolute atomic E-state index is 1.84. The van der Waals surface area contributed by atoms with E-state index in [2.05, 4.69) is 0 Å². The number of carboxylic acids is 2. The number of hydrogen-bond acceptors (Lipinski definition) is 7. The molecule has 4 atom stereocenters. The topological polar surface area (TPSA) is 173 Å². The average Bonchev–Trinajstić information content (AvgIpc) is 2.27. The fourth-order valence-electron chi connectivity index (χ4n) is 0.666. The molecule has 0 aromatic rings. The maximum absolute atomic E-state index is 10.1. The third-order valence-corrected chi connectivity index (χ3v) is 1.50. The Labute approximate surface area is 97.0 Å². The predicted octanol–water partition coefficient (Wildman–Crippen LogP) is -3.52. The second kappa shape index (κ2) is 8.27. The number of rotatable bonds is 5. The number of aliphatic hydroxyl groups excluding tert-OH is 4. The van der Waals surface area contributed by atoms with Crippen molar-refractivity contribution < 1.29 is 60.0 Å². The molecular formula is C6H10FeO9. The van der Waals surface area contributed by atoms with Gasteiger partial charge in [-0.15, -0.1) is 0 Å². The summed E-state index contributed by atoms with van der Waals surface area (Å²) in [6.07, 6.45) is -9.28. The molecule has 0 bridgehead atoms. The third kappa shape index (κ3) is 5.26. The van der Waals surface area contributed by atoms with Gasteiger partial charge in [0.15, 0.2) is 12.2 Å². The third-order valence-electron chi connectivity index (χ3n) is 1.50. The summed E-state index contributed by atoms with van der Waals surface area (Å²) in [5, 5.41) is 51.5. The molecule has 0 rings (SSSR count). The molecule has 0 spiro atoms. The van der Waals surface area contributed by atoms with E-state index in [0.717, 1.165) is 0 Å². The number of aliphatic hydroxyl groups is 4. The van der Waals surface area contributed by atoms with E-state index >= 15 is 0 Å². The molecule has 0 aromatic carbocycles. The van der Waals surface area contributed by atoms with Gasteiger partial charge < -0.3 is 30.6 Å². The van der Waals surface area contributed by atoms with Gasteiger partial charge >= 0.3 is 31.7 Å². The summed E-state index contributed by atoms with van der Waals surface area (Å²) >= 11 is 2.00. The van der Waals surface area contributed by atoms with Crippen LogP contribution in [0.2, 0.25) is 0 Å². The zero-order valence-electron chi connectivity index (χ0n) is 7.57. The van der Waals surface area contributed by atoms with Crippen LogP contribution in [0.5, 0.6) is 0 Å². The summed E-state index contributed by atoms with van der Waals surface area (Å²) < 4.78 is 8.00. The standard InChI is InChI=1S/C6H10O8.Fe.O/c7-1(3(9)5(11)12)2(8)4(10)6(13)14;;/h1-4,7-10H,(H,11,12)(H,13,14);;/t1-,2+,3-,4-;;/m0../s1. The average molecular weight is 282 g/mol. The van der Waals surface area contributed by atoms with E-state index in [-0.39, 0.29) is 0 Å². The molecular weight excluding hydrogens is 272 g/mol. The Bertz CT molecular complexity index is 220. The summed E-state index contributed by atoms with van der Waals surface area (Å²) in [7, 11) is 0. The van der Waals surface area contributed by atoms with Crippen molar-refractivity contribution in [1.82, 2.24) is 0 Å². The van der Waals surface area contributed by atoms with Gasteiger partial charge in [-0.05, 0) is 0 Å². The van der Waals surface area contributed by atoms with E-state index in [9.17, 15) is 9.59 Å². The molecule has 0 aliphatic rings. The molecule has 16 heavy (non-hydrogen) atoms. The number of carboxylic acid groups (broad SMARTS) is 2. The number of carbonyl (C=O) groups is 2. The maximum atomic E-state index is 10.1. The molecule has 0 aromatic heterocycles. The first-order chi connectivity index (χ1) is 7.29. The first-order valence-corrected chi connectivity index (χ1v) is 4.06. The van der Waals surface area contributed by atoms with E-state index in [0.29, 0.717) is 0 Å². The van der Waals surface area contributed by atoms with Crippen molar-refractivity contribution >= 4 is 11.9 Å². The van der Waals surface area contributed by atoms with Crippen LogP contribution in [0, 0.1) is 0 Å². The summed E-state index contributed by atoms with van der Waals surface area (Å²) in [5.74, 6) is -3.68. The van der Waals surface area contributed by atoms with Crippen LogP contribution < -0.4 is 0 Å². The van der Waals surface area contributed by atoms with Crippen LogP contribution in [0.3, 0.4) is 0 Å². The van der Waals surface area contributed by atoms with Crippen LogP contribution in [0.4, 0.5) is 0 Å². The SMILES string of the molecule is O=C(O)[C@@H](O)[C@H](O)[C@H](O)[C@H](O)C(=O)O.[O]=[Fe]. The fraction of sp³-hybridized carbons (Fsp3) is 0.667. The molecule has 9 nitrogen and oxygen atoms in total. The summed E-state index contributed by atoms with van der Waals surface area (Å²) in [4.78, 5) is 20.2. The molecule has 0 saturated heterocycles. The monoisotopic (exact) mass is 282 g/mol. The van der Waals surface area contributed by atoms with Gasteiger partial charge in [-0.1, -0.05) is 0 Å². The quantitative estimate of drug-likeness (QED) is 0.279. The van der Waals surface area contributed by atoms with Gasteiger partial charge in [-0.3, -0.25) is 0 Å². The van der Waals surface area contributed by atoms with Crippen molar-refractivity contribution in [3.05, 3.63) is 0 Å². The van der Waals surface area contributed by atoms with Gasteiger partial charge in [0.1, 0.15) is 12.2 Å². The second-order valence-electron chi connectivity index (χ2n) is 2.55. The normalized spacial score (nSPS) is 17.3. The van der Waals surface area contributed by atoms with Crippen LogP contribution in [0.25, 0.3) is 0 Å². The Balaban J connectivity index is 0. The van der Waals surface area contributed by atoms with Crippen LogP contribution in [0.1, 0.15) is 0 Å². The molecule has 10 heteroatoms. The van der Waals surface area contributed by atoms with Gasteiger partial charge in [0.2, 0.25) is 0 Å². The molecule has 0 aliphatic heterocycles. The van der Waals surface area contributed by atoms with Crippen LogP contribution in [-0.4, -0.2) is 67.0 Å². The minimum atomic E-state index is -2.36. The van der Waals surface area contributed by atoms with Gasteiger partial charge in [0.05, 0.1) is 0 Å². The molecule has 0 radical (unpaired) electrons. The molecule has 0 heterocycles. The molecule has 96 valence electrons. The van der Waals surface area contributed by atoms with Crippen LogP contribution in [-0.2, 0) is 29.4 Å². The van der Waals surface area contributed by atoms with E-state index in [4.69, 9.17) is 34.5 Å². The number of aliphatic carboxylic acids is 2. The zero-order valence-corrected chi connectivity index (χ0v) is 8.68. The molecule has 0 unspecified atom stereocenters. The van der Waals surface area contributed by atoms with E-state index in [1.54, 1.807) is 0 Å². The molecule has 0 amide bonds. The fourth-order valence-corrected chi connectivity index (χ4v) is 0.666. The first-order valence-electron chi connectivity index (χ1n) is 3.61. The van der Waals surface area contributed by atoms with Crippen molar-refractivity contribution in [1.29, 1.82) is 0 Å². The molecule has 0 saturated carbocycles. The van der Waals surface area contributed by atoms with Gasteiger partial charge in [0, 0.05) is 0 Å². The summed E-state index contributed by atoms with van der Waals surface area (Å²) in [6.45, 7) is 0. The Hall–Kier alpha value is -0.901. The Kier molecular flexibility index (Phi) is 9.05. The molecule has 0 fully saturated rings. The number of hydrogen-bond donors (Lipinski definition) is 6. The van der Waals surface area contributed by atoms with Crippen molar-refractivity contribution in [3.63, 3.8) is 0 Å². The Morgan fingerprint density at radius 1 is 0.750 bits per heavy atom.